The van der Waals surface area contributed by atoms with Gasteiger partial charge in [-0.25, -0.2) is 0 Å². The van der Waals surface area contributed by atoms with E-state index < -0.39 is 0 Å². The first-order chi connectivity index (χ1) is 6.49. The van der Waals surface area contributed by atoms with Gasteiger partial charge in [0.15, 0.2) is 0 Å². The van der Waals surface area contributed by atoms with Crippen molar-refractivity contribution in [3.05, 3.63) is 22.8 Å². The third kappa shape index (κ3) is 1.58. The summed E-state index contributed by atoms with van der Waals surface area (Å²) in [5.74, 6) is 0.311. The summed E-state index contributed by atoms with van der Waals surface area (Å²) < 4.78 is 0. The van der Waals surface area contributed by atoms with Crippen LogP contribution in [0.2, 0.25) is 0 Å². The van der Waals surface area contributed by atoms with Gasteiger partial charge in [-0.1, -0.05) is 0 Å². The Labute approximate surface area is 84.0 Å². The van der Waals surface area contributed by atoms with Crippen LogP contribution in [-0.2, 0) is 4.79 Å². The Morgan fingerprint density at radius 1 is 1.29 bits per heavy atom. The quantitative estimate of drug-likeness (QED) is 0.729. The number of aromatic hydroxyl groups is 1. The van der Waals surface area contributed by atoms with Crippen molar-refractivity contribution in [2.75, 3.05) is 11.9 Å². The highest BCUT2D eigenvalue weighted by Crippen LogP contribution is 2.31. The van der Waals surface area contributed by atoms with Crippen LogP contribution in [0.3, 0.4) is 0 Å². The molecule has 1 N–H and O–H groups in total. The molecule has 0 saturated heterocycles. The maximum atomic E-state index is 10.6. The SMILES string of the molecule is Cc1cc(N(C)C=O)c(C)c(C)c1O. The van der Waals surface area contributed by atoms with Gasteiger partial charge in [-0.05, 0) is 43.5 Å². The number of amides is 1. The molecule has 0 unspecified atom stereocenters. The monoisotopic (exact) mass is 193 g/mol. The van der Waals surface area contributed by atoms with Crippen LogP contribution in [0, 0.1) is 20.8 Å². The number of benzene rings is 1. The molecule has 14 heavy (non-hydrogen) atoms. The second kappa shape index (κ2) is 3.70. The lowest BCUT2D eigenvalue weighted by Crippen LogP contribution is -2.15. The molecule has 0 aliphatic carbocycles. The van der Waals surface area contributed by atoms with E-state index in [4.69, 9.17) is 0 Å². The zero-order valence-corrected chi connectivity index (χ0v) is 8.96. The Hall–Kier alpha value is -1.51. The first kappa shape index (κ1) is 10.6. The van der Waals surface area contributed by atoms with Crippen LogP contribution in [0.15, 0.2) is 6.07 Å². The standard InChI is InChI=1S/C11H15NO2/c1-7-5-10(12(4)6-13)8(2)9(3)11(7)14/h5-6,14H,1-4H3. The van der Waals surface area contributed by atoms with E-state index in [0.29, 0.717) is 5.75 Å². The fraction of sp³-hybridized carbons (Fsp3) is 0.364. The Kier molecular flexibility index (Phi) is 2.79. The van der Waals surface area contributed by atoms with Crippen molar-refractivity contribution in [3.63, 3.8) is 0 Å². The van der Waals surface area contributed by atoms with Crippen LogP contribution < -0.4 is 4.90 Å². The van der Waals surface area contributed by atoms with Crippen LogP contribution in [0.5, 0.6) is 5.75 Å². The summed E-state index contributed by atoms with van der Waals surface area (Å²) in [6.45, 7) is 5.56. The molecule has 1 aromatic carbocycles. The van der Waals surface area contributed by atoms with Gasteiger partial charge in [0, 0.05) is 12.7 Å². The van der Waals surface area contributed by atoms with E-state index >= 15 is 0 Å². The van der Waals surface area contributed by atoms with Gasteiger partial charge in [0.25, 0.3) is 0 Å². The average Bonchev–Trinajstić information content (AvgIpc) is 2.19. The number of hydrogen-bond donors (Lipinski definition) is 1. The number of carbonyl (C=O) groups is 1. The number of anilines is 1. The molecule has 0 aromatic heterocycles. The third-order valence-electron chi connectivity index (χ3n) is 2.57. The van der Waals surface area contributed by atoms with E-state index in [-0.39, 0.29) is 0 Å². The summed E-state index contributed by atoms with van der Waals surface area (Å²) in [4.78, 5) is 12.1. The normalized spacial score (nSPS) is 10.0. The molecule has 76 valence electrons. The van der Waals surface area contributed by atoms with Crippen LogP contribution in [0.1, 0.15) is 16.7 Å². The highest BCUT2D eigenvalue weighted by molar-refractivity contribution is 5.78. The molecule has 1 aromatic rings. The van der Waals surface area contributed by atoms with Crippen LogP contribution in [0.4, 0.5) is 5.69 Å². The van der Waals surface area contributed by atoms with Crippen molar-refractivity contribution in [1.82, 2.24) is 0 Å². The molecule has 0 saturated carbocycles. The number of phenolic OH excluding ortho intramolecular Hbond substituents is 1. The molecule has 0 radical (unpaired) electrons. The van der Waals surface area contributed by atoms with Gasteiger partial charge in [-0.15, -0.1) is 0 Å². The molecule has 0 heterocycles. The maximum absolute atomic E-state index is 10.6. The van der Waals surface area contributed by atoms with Crippen LogP contribution in [0.25, 0.3) is 0 Å². The number of carbonyl (C=O) groups excluding carboxylic acids is 1. The van der Waals surface area contributed by atoms with Gasteiger partial charge in [-0.2, -0.15) is 0 Å². The van der Waals surface area contributed by atoms with E-state index in [9.17, 15) is 9.90 Å². The first-order valence-electron chi connectivity index (χ1n) is 4.47. The minimum Gasteiger partial charge on any atom is -0.507 e. The number of hydrogen-bond acceptors (Lipinski definition) is 2. The van der Waals surface area contributed by atoms with Crippen molar-refractivity contribution in [2.45, 2.75) is 20.8 Å². The first-order valence-corrected chi connectivity index (χ1v) is 4.47. The fourth-order valence-corrected chi connectivity index (χ4v) is 1.47. The van der Waals surface area contributed by atoms with Crippen LogP contribution >= 0.6 is 0 Å². The van der Waals surface area contributed by atoms with Crippen molar-refractivity contribution >= 4 is 12.1 Å². The smallest absolute Gasteiger partial charge is 0.213 e. The predicted octanol–water partition coefficient (Wildman–Crippen LogP) is 1.91. The largest absolute Gasteiger partial charge is 0.507 e. The molecule has 0 aliphatic heterocycles. The van der Waals surface area contributed by atoms with Gasteiger partial charge in [-0.3, -0.25) is 4.79 Å². The van der Waals surface area contributed by atoms with Crippen molar-refractivity contribution in [2.24, 2.45) is 0 Å². The Morgan fingerprint density at radius 3 is 2.36 bits per heavy atom. The summed E-state index contributed by atoms with van der Waals surface area (Å²) >= 11 is 0. The lowest BCUT2D eigenvalue weighted by molar-refractivity contribution is -0.107. The van der Waals surface area contributed by atoms with E-state index in [2.05, 4.69) is 0 Å². The molecule has 0 aliphatic rings. The number of nitrogens with zero attached hydrogens (tertiary/aromatic N) is 1. The van der Waals surface area contributed by atoms with E-state index in [1.807, 2.05) is 26.8 Å². The Bertz CT molecular complexity index is 372. The highest BCUT2D eigenvalue weighted by atomic mass is 16.3. The molecule has 0 spiro atoms. The van der Waals surface area contributed by atoms with Crippen molar-refractivity contribution < 1.29 is 9.90 Å². The molecule has 3 nitrogen and oxygen atoms in total. The summed E-state index contributed by atoms with van der Waals surface area (Å²) in [5, 5.41) is 9.66. The predicted molar refractivity (Wildman–Crippen MR) is 56.8 cm³/mol. The number of aryl methyl sites for hydroxylation is 1. The molecule has 0 bridgehead atoms. The third-order valence-corrected chi connectivity index (χ3v) is 2.57. The van der Waals surface area contributed by atoms with Gasteiger partial charge < -0.3 is 10.0 Å². The fourth-order valence-electron chi connectivity index (χ4n) is 1.47. The zero-order valence-electron chi connectivity index (χ0n) is 8.96. The number of phenols is 1. The molecule has 1 amide bonds. The highest BCUT2D eigenvalue weighted by Gasteiger charge is 2.11. The van der Waals surface area contributed by atoms with Gasteiger partial charge in [0.1, 0.15) is 5.75 Å². The average molecular weight is 193 g/mol. The minimum atomic E-state index is 0.311. The summed E-state index contributed by atoms with van der Waals surface area (Å²) in [5.41, 5.74) is 3.39. The lowest BCUT2D eigenvalue weighted by Gasteiger charge is -2.18. The molecular weight excluding hydrogens is 178 g/mol. The van der Waals surface area contributed by atoms with E-state index in [1.54, 1.807) is 7.05 Å². The van der Waals surface area contributed by atoms with Crippen molar-refractivity contribution in [1.29, 1.82) is 0 Å². The van der Waals surface area contributed by atoms with Gasteiger partial charge in [0.05, 0.1) is 0 Å². The van der Waals surface area contributed by atoms with Gasteiger partial charge in [0.2, 0.25) is 6.41 Å². The summed E-state index contributed by atoms with van der Waals surface area (Å²) in [6.07, 6.45) is 0.762. The van der Waals surface area contributed by atoms with E-state index in [0.717, 1.165) is 28.8 Å². The molecule has 1 rings (SSSR count). The molecule has 0 atom stereocenters. The lowest BCUT2D eigenvalue weighted by atomic mass is 10.0. The van der Waals surface area contributed by atoms with Crippen molar-refractivity contribution in [3.8, 4) is 5.75 Å². The van der Waals surface area contributed by atoms with E-state index in [1.165, 1.54) is 4.90 Å². The Morgan fingerprint density at radius 2 is 1.86 bits per heavy atom. The second-order valence-electron chi connectivity index (χ2n) is 3.53. The summed E-state index contributed by atoms with van der Waals surface area (Å²) in [7, 11) is 1.70. The molecule has 0 fully saturated rings. The van der Waals surface area contributed by atoms with Crippen LogP contribution in [-0.4, -0.2) is 18.6 Å². The Balaban J connectivity index is 3.40. The topological polar surface area (TPSA) is 40.5 Å². The second-order valence-corrected chi connectivity index (χ2v) is 3.53. The maximum Gasteiger partial charge on any atom is 0.213 e. The zero-order chi connectivity index (χ0) is 10.9. The van der Waals surface area contributed by atoms with Gasteiger partial charge >= 0.3 is 0 Å². The summed E-state index contributed by atoms with van der Waals surface area (Å²) in [6, 6.07) is 1.81. The number of rotatable bonds is 2. The molecular formula is C11H15NO2. The minimum absolute atomic E-state index is 0.311. The molecule has 3 heteroatoms.